The number of fused-ring (bicyclic) bond motifs is 1. The third kappa shape index (κ3) is 31.2. The van der Waals surface area contributed by atoms with Crippen LogP contribution in [0.1, 0.15) is 105 Å². The third-order valence-corrected chi connectivity index (χ3v) is 5.59. The highest BCUT2D eigenvalue weighted by Gasteiger charge is 2.04. The molecule has 3 amide bonds. The average molecular weight is 559 g/mol. The van der Waals surface area contributed by atoms with Crippen molar-refractivity contribution in [3.63, 3.8) is 0 Å². The SMILES string of the molecule is CC.CCCCCCC.CCCCCN(C)C(N)=O.CCNC=O.c1ccc2c(c1)CCCN2.c1ccccc1. The predicted molar refractivity (Wildman–Crippen MR) is 177 cm³/mol. The second-order valence-corrected chi connectivity index (χ2v) is 9.05. The van der Waals surface area contributed by atoms with E-state index < -0.39 is 0 Å². The summed E-state index contributed by atoms with van der Waals surface area (Å²) in [5, 5.41) is 5.79. The molecule has 40 heavy (non-hydrogen) atoms. The quantitative estimate of drug-likeness (QED) is 0.201. The Kier molecular flexibility index (Phi) is 37.3. The monoisotopic (exact) mass is 558 g/mol. The lowest BCUT2D eigenvalue weighted by molar-refractivity contribution is -0.109. The van der Waals surface area contributed by atoms with Crippen molar-refractivity contribution in [2.24, 2.45) is 5.73 Å². The lowest BCUT2D eigenvalue weighted by Gasteiger charge is -2.16. The first-order chi connectivity index (χ1) is 19.5. The molecule has 0 radical (unpaired) electrons. The number of benzene rings is 2. The molecule has 1 heterocycles. The van der Waals surface area contributed by atoms with E-state index in [1.807, 2.05) is 57.2 Å². The fourth-order valence-corrected chi connectivity index (χ4v) is 3.27. The first-order valence-corrected chi connectivity index (χ1v) is 15.5. The summed E-state index contributed by atoms with van der Waals surface area (Å²) in [5.74, 6) is 0. The minimum atomic E-state index is -0.337. The smallest absolute Gasteiger partial charge is 0.314 e. The molecule has 0 fully saturated rings. The van der Waals surface area contributed by atoms with E-state index in [1.54, 1.807) is 7.05 Å². The van der Waals surface area contributed by atoms with Crippen LogP contribution in [0.2, 0.25) is 0 Å². The maximum atomic E-state index is 10.4. The molecule has 230 valence electrons. The topological polar surface area (TPSA) is 87.5 Å². The Morgan fingerprint density at radius 2 is 1.35 bits per heavy atom. The van der Waals surface area contributed by atoms with E-state index in [0.717, 1.165) is 32.5 Å². The van der Waals surface area contributed by atoms with Crippen LogP contribution in [-0.4, -0.2) is 44.0 Å². The molecule has 0 saturated carbocycles. The van der Waals surface area contributed by atoms with E-state index in [0.29, 0.717) is 6.41 Å². The number of anilines is 1. The van der Waals surface area contributed by atoms with Crippen molar-refractivity contribution in [3.8, 4) is 0 Å². The van der Waals surface area contributed by atoms with E-state index in [-0.39, 0.29) is 6.03 Å². The van der Waals surface area contributed by atoms with Crippen LogP contribution in [0.3, 0.4) is 0 Å². The number of urea groups is 1. The first-order valence-electron chi connectivity index (χ1n) is 15.5. The van der Waals surface area contributed by atoms with E-state index in [1.165, 1.54) is 67.5 Å². The number of amides is 3. The highest BCUT2D eigenvalue weighted by Crippen LogP contribution is 2.20. The van der Waals surface area contributed by atoms with Gasteiger partial charge in [-0.2, -0.15) is 0 Å². The van der Waals surface area contributed by atoms with E-state index in [9.17, 15) is 9.59 Å². The van der Waals surface area contributed by atoms with Crippen molar-refractivity contribution in [2.45, 2.75) is 106 Å². The second kappa shape index (κ2) is 36.0. The Balaban J connectivity index is -0.000000431. The summed E-state index contributed by atoms with van der Waals surface area (Å²) in [6.45, 7) is 15.1. The van der Waals surface area contributed by atoms with Crippen LogP contribution in [-0.2, 0) is 11.2 Å². The van der Waals surface area contributed by atoms with Crippen molar-refractivity contribution in [1.82, 2.24) is 10.2 Å². The lowest BCUT2D eigenvalue weighted by atomic mass is 10.0. The highest BCUT2D eigenvalue weighted by atomic mass is 16.2. The fourth-order valence-electron chi connectivity index (χ4n) is 3.27. The Bertz CT molecular complexity index is 701. The zero-order chi connectivity index (χ0) is 30.7. The molecular weight excluding hydrogens is 496 g/mol. The Morgan fingerprint density at radius 3 is 1.75 bits per heavy atom. The van der Waals surface area contributed by atoms with Gasteiger partial charge in [0.2, 0.25) is 6.41 Å². The number of unbranched alkanes of at least 4 members (excludes halogenated alkanes) is 6. The second-order valence-electron chi connectivity index (χ2n) is 9.05. The molecule has 0 unspecified atom stereocenters. The van der Waals surface area contributed by atoms with Crippen molar-refractivity contribution in [1.29, 1.82) is 0 Å². The minimum Gasteiger partial charge on any atom is -0.385 e. The Morgan fingerprint density at radius 1 is 0.850 bits per heavy atom. The van der Waals surface area contributed by atoms with Gasteiger partial charge >= 0.3 is 6.03 Å². The molecule has 1 aliphatic heterocycles. The van der Waals surface area contributed by atoms with Gasteiger partial charge in [0, 0.05) is 32.4 Å². The molecule has 4 N–H and O–H groups in total. The van der Waals surface area contributed by atoms with Gasteiger partial charge in [-0.3, -0.25) is 4.79 Å². The molecule has 0 aromatic heterocycles. The molecule has 2 aromatic rings. The fraction of sp³-hybridized carbons (Fsp3) is 0.588. The van der Waals surface area contributed by atoms with Gasteiger partial charge in [0.05, 0.1) is 0 Å². The van der Waals surface area contributed by atoms with Crippen LogP contribution in [0.5, 0.6) is 0 Å². The number of hydrogen-bond acceptors (Lipinski definition) is 3. The molecule has 2 aromatic carbocycles. The number of nitrogens with two attached hydrogens (primary N) is 1. The molecular formula is C34H62N4O2. The largest absolute Gasteiger partial charge is 0.385 e. The molecule has 0 spiro atoms. The maximum Gasteiger partial charge on any atom is 0.314 e. The van der Waals surface area contributed by atoms with Gasteiger partial charge < -0.3 is 21.3 Å². The zero-order valence-electron chi connectivity index (χ0n) is 26.9. The molecule has 3 rings (SSSR count). The third-order valence-electron chi connectivity index (χ3n) is 5.59. The minimum absolute atomic E-state index is 0.337. The predicted octanol–water partition coefficient (Wildman–Crippen LogP) is 8.67. The average Bonchev–Trinajstić information content (AvgIpc) is 3.01. The van der Waals surface area contributed by atoms with Crippen LogP contribution < -0.4 is 16.4 Å². The van der Waals surface area contributed by atoms with Crippen LogP contribution in [0.15, 0.2) is 60.7 Å². The van der Waals surface area contributed by atoms with Gasteiger partial charge in [-0.25, -0.2) is 4.79 Å². The maximum absolute atomic E-state index is 10.4. The summed E-state index contributed by atoms with van der Waals surface area (Å²) in [6.07, 6.45) is 13.6. The van der Waals surface area contributed by atoms with Crippen molar-refractivity contribution in [3.05, 3.63) is 66.2 Å². The number of carbonyl (C=O) groups is 2. The summed E-state index contributed by atoms with van der Waals surface area (Å²) in [5.41, 5.74) is 7.80. The Hall–Kier alpha value is -3.02. The normalized spacial score (nSPS) is 10.1. The zero-order valence-corrected chi connectivity index (χ0v) is 26.9. The number of primary amides is 1. The van der Waals surface area contributed by atoms with Crippen LogP contribution >= 0.6 is 0 Å². The molecule has 1 aliphatic rings. The summed E-state index contributed by atoms with van der Waals surface area (Å²) in [4.78, 5) is 21.3. The highest BCUT2D eigenvalue weighted by molar-refractivity contribution is 5.71. The van der Waals surface area contributed by atoms with Gasteiger partial charge in [-0.1, -0.05) is 134 Å². The van der Waals surface area contributed by atoms with Crippen molar-refractivity contribution >= 4 is 18.1 Å². The summed E-state index contributed by atoms with van der Waals surface area (Å²) < 4.78 is 0. The number of nitrogens with one attached hydrogen (secondary N) is 2. The molecule has 0 atom stereocenters. The van der Waals surface area contributed by atoms with Gasteiger partial charge in [0.25, 0.3) is 0 Å². The number of rotatable bonds is 10. The van der Waals surface area contributed by atoms with Gasteiger partial charge in [-0.15, -0.1) is 0 Å². The first kappa shape index (κ1) is 41.5. The lowest BCUT2D eigenvalue weighted by Crippen LogP contribution is -2.32. The number of para-hydroxylation sites is 1. The van der Waals surface area contributed by atoms with Crippen LogP contribution in [0.25, 0.3) is 0 Å². The summed E-state index contributed by atoms with van der Waals surface area (Å²) in [7, 11) is 1.72. The number of nitrogens with zero attached hydrogens (tertiary/aromatic N) is 1. The van der Waals surface area contributed by atoms with Crippen molar-refractivity contribution < 1.29 is 9.59 Å². The van der Waals surface area contributed by atoms with Crippen LogP contribution in [0.4, 0.5) is 10.5 Å². The number of hydrogen-bond donors (Lipinski definition) is 3. The molecule has 6 nitrogen and oxygen atoms in total. The number of carbonyl (C=O) groups excluding carboxylic acids is 2. The van der Waals surface area contributed by atoms with E-state index >= 15 is 0 Å². The molecule has 0 aliphatic carbocycles. The van der Waals surface area contributed by atoms with E-state index in [2.05, 4.69) is 55.7 Å². The Labute approximate surface area is 247 Å². The van der Waals surface area contributed by atoms with Crippen molar-refractivity contribution in [2.75, 3.05) is 32.0 Å². The summed E-state index contributed by atoms with van der Waals surface area (Å²) >= 11 is 0. The standard InChI is InChI=1S/C9H11N.C7H16N2O.C7H16.C6H6.C3H7NO.C2H6/c1-2-6-9-8(4-1)5-3-7-10-9;1-3-4-5-6-9(2)7(8)10;1-3-5-7-6-4-2;1-2-4-6-5-3-1;1-2-4-3-5;1-2/h1-2,4,6,10H,3,5,7H2;3-6H2,1-2H3,(H2,8,10);3-7H2,1-2H3;1-6H;3H,2H2,1H3,(H,4,5);1-2H3. The van der Waals surface area contributed by atoms with E-state index in [4.69, 9.17) is 5.73 Å². The number of aryl methyl sites for hydroxylation is 1. The van der Waals surface area contributed by atoms with Gasteiger partial charge in [0.1, 0.15) is 0 Å². The van der Waals surface area contributed by atoms with Gasteiger partial charge in [0.15, 0.2) is 0 Å². The van der Waals surface area contributed by atoms with Crippen LogP contribution in [0, 0.1) is 0 Å². The molecule has 6 heteroatoms. The summed E-state index contributed by atoms with van der Waals surface area (Å²) in [6, 6.07) is 20.2. The molecule has 0 bridgehead atoms. The molecule has 0 saturated heterocycles. The van der Waals surface area contributed by atoms with Gasteiger partial charge in [-0.05, 0) is 37.8 Å².